The highest BCUT2D eigenvalue weighted by Gasteiger charge is 2.15. The molecule has 0 aliphatic rings. The fourth-order valence-corrected chi connectivity index (χ4v) is 1.45. The number of carbonyl (C=O) groups is 1. The van der Waals surface area contributed by atoms with Crippen LogP contribution in [0.4, 0.5) is 5.82 Å². The van der Waals surface area contributed by atoms with Gasteiger partial charge in [0.25, 0.3) is 0 Å². The van der Waals surface area contributed by atoms with Crippen molar-refractivity contribution in [1.29, 1.82) is 0 Å². The van der Waals surface area contributed by atoms with Gasteiger partial charge in [-0.1, -0.05) is 19.9 Å². The van der Waals surface area contributed by atoms with Gasteiger partial charge in [-0.15, -0.1) is 24.8 Å². The first-order chi connectivity index (χ1) is 7.49. The monoisotopic (exact) mass is 293 g/mol. The third kappa shape index (κ3) is 6.79. The van der Waals surface area contributed by atoms with Crippen molar-refractivity contribution in [3.8, 4) is 0 Å². The summed E-state index contributed by atoms with van der Waals surface area (Å²) in [7, 11) is 0. The van der Waals surface area contributed by atoms with Gasteiger partial charge in [-0.05, 0) is 31.4 Å². The number of amides is 1. The van der Waals surface area contributed by atoms with Crippen LogP contribution in [0.15, 0.2) is 18.2 Å². The van der Waals surface area contributed by atoms with E-state index in [2.05, 4.69) is 10.3 Å². The van der Waals surface area contributed by atoms with Gasteiger partial charge in [-0.2, -0.15) is 0 Å². The van der Waals surface area contributed by atoms with Gasteiger partial charge in [0.05, 0.1) is 6.04 Å². The van der Waals surface area contributed by atoms with E-state index in [1.165, 1.54) is 0 Å². The molecule has 6 heteroatoms. The van der Waals surface area contributed by atoms with E-state index in [4.69, 9.17) is 5.73 Å². The second-order valence-corrected chi connectivity index (χ2v) is 4.39. The van der Waals surface area contributed by atoms with Crippen molar-refractivity contribution in [1.82, 2.24) is 4.98 Å². The van der Waals surface area contributed by atoms with Gasteiger partial charge >= 0.3 is 0 Å². The molecule has 1 atom stereocenters. The van der Waals surface area contributed by atoms with E-state index in [9.17, 15) is 4.79 Å². The Kier molecular flexibility index (Phi) is 9.90. The summed E-state index contributed by atoms with van der Waals surface area (Å²) in [5.41, 5.74) is 6.63. The van der Waals surface area contributed by atoms with Crippen LogP contribution in [0.1, 0.15) is 26.0 Å². The number of nitrogens with one attached hydrogen (secondary N) is 1. The molecule has 0 saturated heterocycles. The molecule has 0 unspecified atom stereocenters. The summed E-state index contributed by atoms with van der Waals surface area (Å²) in [6.45, 7) is 5.96. The number of nitrogens with zero attached hydrogens (tertiary/aromatic N) is 1. The number of hydrogen-bond donors (Lipinski definition) is 2. The number of halogens is 2. The number of pyridine rings is 1. The molecule has 0 fully saturated rings. The van der Waals surface area contributed by atoms with Crippen molar-refractivity contribution in [2.45, 2.75) is 33.2 Å². The van der Waals surface area contributed by atoms with Gasteiger partial charge in [0, 0.05) is 5.69 Å². The molecule has 3 N–H and O–H groups in total. The van der Waals surface area contributed by atoms with Crippen LogP contribution in [0.2, 0.25) is 0 Å². The van der Waals surface area contributed by atoms with Crippen LogP contribution >= 0.6 is 24.8 Å². The zero-order valence-corrected chi connectivity index (χ0v) is 12.5. The molecule has 1 aromatic heterocycles. The second-order valence-electron chi connectivity index (χ2n) is 4.39. The number of carbonyl (C=O) groups excluding carboxylic acids is 1. The van der Waals surface area contributed by atoms with E-state index >= 15 is 0 Å². The summed E-state index contributed by atoms with van der Waals surface area (Å²) in [5, 5.41) is 2.71. The first kappa shape index (κ1) is 19.5. The van der Waals surface area contributed by atoms with E-state index in [0.29, 0.717) is 18.2 Å². The molecule has 1 aromatic rings. The first-order valence-electron chi connectivity index (χ1n) is 5.49. The van der Waals surface area contributed by atoms with Crippen LogP contribution in [0.3, 0.4) is 0 Å². The highest BCUT2D eigenvalue weighted by atomic mass is 35.5. The lowest BCUT2D eigenvalue weighted by atomic mass is 10.0. The van der Waals surface area contributed by atoms with Crippen LogP contribution in [0.25, 0.3) is 0 Å². The predicted molar refractivity (Wildman–Crippen MR) is 79.5 cm³/mol. The van der Waals surface area contributed by atoms with Gasteiger partial charge in [0.1, 0.15) is 5.82 Å². The second kappa shape index (κ2) is 9.14. The lowest BCUT2D eigenvalue weighted by molar-refractivity contribution is -0.117. The number of nitrogens with two attached hydrogens (primary N) is 1. The topological polar surface area (TPSA) is 68.0 Å². The van der Waals surface area contributed by atoms with Crippen LogP contribution in [0.5, 0.6) is 0 Å². The van der Waals surface area contributed by atoms with E-state index in [-0.39, 0.29) is 30.7 Å². The molecule has 0 radical (unpaired) electrons. The minimum Gasteiger partial charge on any atom is -0.320 e. The molecule has 0 spiro atoms. The minimum absolute atomic E-state index is 0. The molecule has 1 heterocycles. The molecule has 0 bridgehead atoms. The molecule has 104 valence electrons. The summed E-state index contributed by atoms with van der Waals surface area (Å²) in [6.07, 6.45) is 0.678. The van der Waals surface area contributed by atoms with Crippen molar-refractivity contribution >= 4 is 36.5 Å². The fourth-order valence-electron chi connectivity index (χ4n) is 1.45. The normalized spacial score (nSPS) is 11.2. The van der Waals surface area contributed by atoms with Gasteiger partial charge in [0.2, 0.25) is 5.91 Å². The van der Waals surface area contributed by atoms with Crippen molar-refractivity contribution in [2.24, 2.45) is 11.7 Å². The zero-order valence-electron chi connectivity index (χ0n) is 10.8. The molecule has 0 aromatic carbocycles. The van der Waals surface area contributed by atoms with Gasteiger partial charge in [-0.3, -0.25) is 4.79 Å². The highest BCUT2D eigenvalue weighted by molar-refractivity contribution is 5.93. The Morgan fingerprint density at radius 3 is 2.50 bits per heavy atom. The summed E-state index contributed by atoms with van der Waals surface area (Å²) in [5.74, 6) is 0.794. The molecular weight excluding hydrogens is 273 g/mol. The molecule has 4 nitrogen and oxygen atoms in total. The van der Waals surface area contributed by atoms with Gasteiger partial charge in [0.15, 0.2) is 0 Å². The Balaban J connectivity index is 0. The third-order valence-electron chi connectivity index (χ3n) is 2.20. The summed E-state index contributed by atoms with van der Waals surface area (Å²) >= 11 is 0. The molecule has 18 heavy (non-hydrogen) atoms. The van der Waals surface area contributed by atoms with Crippen LogP contribution in [-0.4, -0.2) is 16.9 Å². The van der Waals surface area contributed by atoms with E-state index in [1.54, 1.807) is 6.07 Å². The average Bonchev–Trinajstić information content (AvgIpc) is 2.16. The lowest BCUT2D eigenvalue weighted by Gasteiger charge is -2.13. The average molecular weight is 294 g/mol. The smallest absolute Gasteiger partial charge is 0.242 e. The van der Waals surface area contributed by atoms with E-state index in [1.807, 2.05) is 32.9 Å². The summed E-state index contributed by atoms with van der Waals surface area (Å²) in [6, 6.07) is 5.02. The van der Waals surface area contributed by atoms with Crippen LogP contribution < -0.4 is 11.1 Å². The van der Waals surface area contributed by atoms with E-state index in [0.717, 1.165) is 5.69 Å². The number of aryl methyl sites for hydroxylation is 1. The summed E-state index contributed by atoms with van der Waals surface area (Å²) in [4.78, 5) is 15.9. The predicted octanol–water partition coefficient (Wildman–Crippen LogP) is 2.55. The largest absolute Gasteiger partial charge is 0.320 e. The minimum atomic E-state index is -0.470. The van der Waals surface area contributed by atoms with E-state index < -0.39 is 6.04 Å². The SMILES string of the molecule is Cc1cccc(NC(=O)[C@@H](N)CC(C)C)n1.Cl.Cl. The molecule has 0 aliphatic heterocycles. The maximum atomic E-state index is 11.7. The maximum absolute atomic E-state index is 11.7. The Morgan fingerprint density at radius 1 is 1.39 bits per heavy atom. The van der Waals surface area contributed by atoms with Crippen molar-refractivity contribution in [3.63, 3.8) is 0 Å². The number of hydrogen-bond acceptors (Lipinski definition) is 3. The molecule has 1 rings (SSSR count). The van der Waals surface area contributed by atoms with Crippen molar-refractivity contribution < 1.29 is 4.79 Å². The molecule has 0 saturated carbocycles. The molecule has 0 aliphatic carbocycles. The van der Waals surface area contributed by atoms with Gasteiger partial charge < -0.3 is 11.1 Å². The number of anilines is 1. The van der Waals surface area contributed by atoms with Gasteiger partial charge in [-0.25, -0.2) is 4.98 Å². The Hall–Kier alpha value is -0.840. The first-order valence-corrected chi connectivity index (χ1v) is 5.49. The van der Waals surface area contributed by atoms with Crippen molar-refractivity contribution in [2.75, 3.05) is 5.32 Å². The number of aromatic nitrogens is 1. The Labute approximate surface area is 121 Å². The number of rotatable bonds is 4. The molecule has 1 amide bonds. The fraction of sp³-hybridized carbons (Fsp3) is 0.500. The summed E-state index contributed by atoms with van der Waals surface area (Å²) < 4.78 is 0. The highest BCUT2D eigenvalue weighted by Crippen LogP contribution is 2.07. The zero-order chi connectivity index (χ0) is 12.1. The Morgan fingerprint density at radius 2 is 2.00 bits per heavy atom. The van der Waals surface area contributed by atoms with Crippen molar-refractivity contribution in [3.05, 3.63) is 23.9 Å². The quantitative estimate of drug-likeness (QED) is 0.896. The van der Waals surface area contributed by atoms with Crippen LogP contribution in [-0.2, 0) is 4.79 Å². The lowest BCUT2D eigenvalue weighted by Crippen LogP contribution is -2.36. The standard InChI is InChI=1S/C12H19N3O.2ClH/c1-8(2)7-10(13)12(16)15-11-6-4-5-9(3)14-11;;/h4-6,8,10H,7,13H2,1-3H3,(H,14,15,16);2*1H/t10-;;/m0../s1. The molecular formula is C12H21Cl2N3O. The van der Waals surface area contributed by atoms with Crippen LogP contribution in [0, 0.1) is 12.8 Å². The maximum Gasteiger partial charge on any atom is 0.242 e. The Bertz CT molecular complexity index is 372. The third-order valence-corrected chi connectivity index (χ3v) is 2.20.